The Bertz CT molecular complexity index is 919. The van der Waals surface area contributed by atoms with E-state index in [2.05, 4.69) is 5.32 Å². The molecule has 2 aliphatic heterocycles. The van der Waals surface area contributed by atoms with E-state index >= 15 is 0 Å². The molecule has 0 bridgehead atoms. The molecule has 4 rings (SSSR count). The van der Waals surface area contributed by atoms with Crippen LogP contribution in [0.3, 0.4) is 0 Å². The van der Waals surface area contributed by atoms with Crippen LogP contribution in [0.1, 0.15) is 11.9 Å². The van der Waals surface area contributed by atoms with Gasteiger partial charge in [0.2, 0.25) is 3.79 Å². The predicted molar refractivity (Wildman–Crippen MR) is 126 cm³/mol. The molecule has 2 aliphatic rings. The van der Waals surface area contributed by atoms with Crippen LogP contribution in [0.5, 0.6) is 0 Å². The number of thioether (sulfide) groups is 1. The van der Waals surface area contributed by atoms with E-state index in [-0.39, 0.29) is 6.61 Å². The average Bonchev–Trinajstić information content (AvgIpc) is 2.81. The van der Waals surface area contributed by atoms with E-state index in [4.69, 9.17) is 53.8 Å². The summed E-state index contributed by atoms with van der Waals surface area (Å²) < 4.78 is 21.4. The molecule has 33 heavy (non-hydrogen) atoms. The summed E-state index contributed by atoms with van der Waals surface area (Å²) in [5.74, 6) is 0. The van der Waals surface area contributed by atoms with Gasteiger partial charge in [0.15, 0.2) is 6.29 Å². The lowest BCUT2D eigenvalue weighted by Crippen LogP contribution is -2.65. The number of alkyl carbamates (subject to hydrolysis) is 1. The van der Waals surface area contributed by atoms with Crippen LogP contribution in [0.2, 0.25) is 0 Å². The Balaban J connectivity index is 1.51. The number of hydrogen-bond acceptors (Lipinski definition) is 7. The minimum atomic E-state index is -1.75. The number of aliphatic hydroxyl groups is 1. The van der Waals surface area contributed by atoms with Crippen LogP contribution in [-0.2, 0) is 18.9 Å². The third kappa shape index (κ3) is 6.68. The number of rotatable bonds is 5. The second-order valence-corrected chi connectivity index (χ2v) is 11.2. The largest absolute Gasteiger partial charge is 0.445 e. The Labute approximate surface area is 210 Å². The van der Waals surface area contributed by atoms with Crippen molar-refractivity contribution in [3.8, 4) is 0 Å². The molecule has 0 spiro atoms. The minimum absolute atomic E-state index is 0.220. The predicted octanol–water partition coefficient (Wildman–Crippen LogP) is 4.44. The van der Waals surface area contributed by atoms with Gasteiger partial charge in [0.05, 0.1) is 12.6 Å². The quantitative estimate of drug-likeness (QED) is 0.548. The fourth-order valence-electron chi connectivity index (χ4n) is 3.58. The maximum absolute atomic E-state index is 12.4. The van der Waals surface area contributed by atoms with Gasteiger partial charge in [0.25, 0.3) is 0 Å². The highest BCUT2D eigenvalue weighted by atomic mass is 35.6. The van der Waals surface area contributed by atoms with Gasteiger partial charge in [-0.1, -0.05) is 95.1 Å². The summed E-state index contributed by atoms with van der Waals surface area (Å²) in [5.41, 5.74) is 0.167. The number of ether oxygens (including phenoxy) is 4. The number of fused-ring (bicyclic) bond motifs is 1. The van der Waals surface area contributed by atoms with E-state index in [0.717, 1.165) is 10.5 Å². The second kappa shape index (κ2) is 11.0. The topological polar surface area (TPSA) is 86.3 Å². The highest BCUT2D eigenvalue weighted by molar-refractivity contribution is 7.99. The van der Waals surface area contributed by atoms with Crippen LogP contribution < -0.4 is 5.32 Å². The molecular formula is C22H22Cl3NO6S. The first-order chi connectivity index (χ1) is 15.8. The first-order valence-electron chi connectivity index (χ1n) is 10.2. The third-order valence-electron chi connectivity index (χ3n) is 5.08. The van der Waals surface area contributed by atoms with Gasteiger partial charge >= 0.3 is 6.09 Å². The van der Waals surface area contributed by atoms with Crippen molar-refractivity contribution >= 4 is 52.7 Å². The van der Waals surface area contributed by atoms with Crippen molar-refractivity contribution in [1.82, 2.24) is 5.32 Å². The SMILES string of the molecule is O=C(N[C@@H]1[C@@H](O)[C@@H]2OC(c3ccccc3)OC[C@H]2O[C@H]1Sc1ccccc1)OCC(Cl)(Cl)Cl. The number of halogens is 3. The van der Waals surface area contributed by atoms with Crippen molar-refractivity contribution in [3.63, 3.8) is 0 Å². The zero-order valence-electron chi connectivity index (χ0n) is 17.2. The molecule has 0 saturated carbocycles. The number of carbonyl (C=O) groups is 1. The standard InChI is InChI=1S/C22H22Cl3NO6S/c23-22(24,25)12-30-21(28)26-16-17(27)18-15(31-20(16)33-14-9-5-2-6-10-14)11-29-19(32-18)13-7-3-1-4-8-13/h1-10,15-20,27H,11-12H2,(H,26,28)/t15-,16-,17-,18-,19?,20+/m1/s1. The molecule has 7 nitrogen and oxygen atoms in total. The number of hydrogen-bond donors (Lipinski definition) is 2. The number of aliphatic hydroxyl groups excluding tert-OH is 1. The van der Waals surface area contributed by atoms with Gasteiger partial charge in [-0.05, 0) is 12.1 Å². The molecule has 178 valence electrons. The van der Waals surface area contributed by atoms with Crippen LogP contribution >= 0.6 is 46.6 Å². The molecule has 2 heterocycles. The molecule has 2 aromatic carbocycles. The lowest BCUT2D eigenvalue weighted by molar-refractivity contribution is -0.306. The normalized spacial score (nSPS) is 29.7. The van der Waals surface area contributed by atoms with Crippen LogP contribution in [-0.4, -0.2) is 58.0 Å². The molecule has 2 saturated heterocycles. The molecule has 0 aliphatic carbocycles. The molecule has 6 atom stereocenters. The minimum Gasteiger partial charge on any atom is -0.445 e. The van der Waals surface area contributed by atoms with E-state index in [1.54, 1.807) is 0 Å². The molecule has 0 aromatic heterocycles. The van der Waals surface area contributed by atoms with Crippen LogP contribution in [0.25, 0.3) is 0 Å². The Morgan fingerprint density at radius 2 is 1.76 bits per heavy atom. The van der Waals surface area contributed by atoms with E-state index < -0.39 is 52.6 Å². The fourth-order valence-corrected chi connectivity index (χ4v) is 4.90. The monoisotopic (exact) mass is 533 g/mol. The van der Waals surface area contributed by atoms with Gasteiger partial charge in [0.1, 0.15) is 30.4 Å². The smallest absolute Gasteiger partial charge is 0.407 e. The summed E-state index contributed by atoms with van der Waals surface area (Å²) in [7, 11) is 0. The van der Waals surface area contributed by atoms with Crippen molar-refractivity contribution < 1.29 is 28.8 Å². The summed E-state index contributed by atoms with van der Waals surface area (Å²) >= 11 is 18.3. The van der Waals surface area contributed by atoms with Crippen LogP contribution in [0.15, 0.2) is 65.6 Å². The van der Waals surface area contributed by atoms with Gasteiger partial charge < -0.3 is 29.4 Å². The molecule has 1 unspecified atom stereocenters. The van der Waals surface area contributed by atoms with Crippen molar-refractivity contribution in [3.05, 3.63) is 66.2 Å². The molecule has 0 radical (unpaired) electrons. The van der Waals surface area contributed by atoms with Crippen LogP contribution in [0.4, 0.5) is 4.79 Å². The summed E-state index contributed by atoms with van der Waals surface area (Å²) in [4.78, 5) is 13.3. The van der Waals surface area contributed by atoms with E-state index in [0.29, 0.717) is 0 Å². The zero-order valence-corrected chi connectivity index (χ0v) is 20.3. The van der Waals surface area contributed by atoms with Gasteiger partial charge in [-0.15, -0.1) is 0 Å². The first kappa shape index (κ1) is 24.9. The zero-order chi connectivity index (χ0) is 23.4. The molecule has 11 heteroatoms. The van der Waals surface area contributed by atoms with E-state index in [1.165, 1.54) is 11.8 Å². The number of nitrogens with one attached hydrogen (secondary N) is 1. The Morgan fingerprint density at radius 3 is 2.42 bits per heavy atom. The van der Waals surface area contributed by atoms with Gasteiger partial charge in [-0.3, -0.25) is 0 Å². The summed E-state index contributed by atoms with van der Waals surface area (Å²) in [5, 5.41) is 13.9. The molecule has 1 amide bonds. The lowest BCUT2D eigenvalue weighted by atomic mass is 9.97. The number of carbonyl (C=O) groups excluding carboxylic acids is 1. The van der Waals surface area contributed by atoms with E-state index in [9.17, 15) is 9.90 Å². The van der Waals surface area contributed by atoms with Crippen molar-refractivity contribution in [2.24, 2.45) is 0 Å². The summed E-state index contributed by atoms with van der Waals surface area (Å²) in [6, 6.07) is 18.0. The van der Waals surface area contributed by atoms with Crippen molar-refractivity contribution in [2.45, 2.75) is 44.8 Å². The summed E-state index contributed by atoms with van der Waals surface area (Å²) in [6.07, 6.45) is -3.90. The average molecular weight is 535 g/mol. The van der Waals surface area contributed by atoms with Gasteiger partial charge in [-0.25, -0.2) is 4.79 Å². The molecule has 2 fully saturated rings. The highest BCUT2D eigenvalue weighted by Crippen LogP contribution is 2.39. The Hall–Kier alpha value is -1.23. The van der Waals surface area contributed by atoms with Crippen LogP contribution in [0, 0.1) is 0 Å². The maximum Gasteiger partial charge on any atom is 0.407 e. The maximum atomic E-state index is 12.4. The van der Waals surface area contributed by atoms with Gasteiger partial charge in [0, 0.05) is 10.5 Å². The Morgan fingerprint density at radius 1 is 1.09 bits per heavy atom. The fraction of sp³-hybridized carbons (Fsp3) is 0.409. The number of benzene rings is 2. The lowest BCUT2D eigenvalue weighted by Gasteiger charge is -2.47. The molecule has 2 N–H and O–H groups in total. The van der Waals surface area contributed by atoms with Crippen molar-refractivity contribution in [2.75, 3.05) is 13.2 Å². The van der Waals surface area contributed by atoms with Gasteiger partial charge in [-0.2, -0.15) is 0 Å². The second-order valence-electron chi connectivity index (χ2n) is 7.50. The summed E-state index contributed by atoms with van der Waals surface area (Å²) in [6.45, 7) is -0.228. The number of alkyl halides is 3. The first-order valence-corrected chi connectivity index (χ1v) is 12.2. The third-order valence-corrected chi connectivity index (χ3v) is 6.59. The van der Waals surface area contributed by atoms with E-state index in [1.807, 2.05) is 60.7 Å². The van der Waals surface area contributed by atoms with Crippen molar-refractivity contribution in [1.29, 1.82) is 0 Å². The molecular weight excluding hydrogens is 513 g/mol. The highest BCUT2D eigenvalue weighted by Gasteiger charge is 2.50. The molecule has 2 aromatic rings. The number of amides is 1. The Kier molecular flexibility index (Phi) is 8.30.